The number of carbonyl (C=O) groups excluding carboxylic acids is 1. The van der Waals surface area contributed by atoms with Crippen molar-refractivity contribution in [2.75, 3.05) is 31.6 Å². The average molecular weight is 490 g/mol. The molecule has 0 radical (unpaired) electrons. The normalized spacial score (nSPS) is 17.0. The Balaban J connectivity index is 1.49. The Kier molecular flexibility index (Phi) is 7.85. The topological polar surface area (TPSA) is 79.0 Å². The van der Waals surface area contributed by atoms with Crippen LogP contribution in [0.4, 0.5) is 10.1 Å². The van der Waals surface area contributed by atoms with E-state index >= 15 is 0 Å². The van der Waals surface area contributed by atoms with Gasteiger partial charge in [-0.2, -0.15) is 4.31 Å². The van der Waals surface area contributed by atoms with E-state index < -0.39 is 10.0 Å². The van der Waals surface area contributed by atoms with Crippen molar-refractivity contribution in [2.45, 2.75) is 56.5 Å². The van der Waals surface area contributed by atoms with Crippen LogP contribution in [0.15, 0.2) is 47.4 Å². The summed E-state index contributed by atoms with van der Waals surface area (Å²) in [6.07, 6.45) is 4.77. The SMILES string of the molecule is CCOc1ccc(S(=O)(=O)N2CCCCC2)cc1NC(=O)CN(Cc1ccc(F)cc1)C1CC1. The highest BCUT2D eigenvalue weighted by molar-refractivity contribution is 7.89. The fourth-order valence-corrected chi connectivity index (χ4v) is 5.80. The molecule has 2 aliphatic rings. The molecule has 1 saturated carbocycles. The van der Waals surface area contributed by atoms with Crippen LogP contribution in [0, 0.1) is 5.82 Å². The standard InChI is InChI=1S/C25H32FN3O4S/c1-2-33-24-13-12-22(34(31,32)29-14-4-3-5-15-29)16-23(24)27-25(30)18-28(21-10-11-21)17-19-6-8-20(26)9-7-19/h6-9,12-13,16,21H,2-5,10-11,14-15,17-18H2,1H3,(H,27,30). The summed E-state index contributed by atoms with van der Waals surface area (Å²) in [6, 6.07) is 11.2. The van der Waals surface area contributed by atoms with Gasteiger partial charge in [-0.05, 0) is 68.5 Å². The molecule has 2 aromatic rings. The summed E-state index contributed by atoms with van der Waals surface area (Å²) in [7, 11) is -3.64. The first kappa shape index (κ1) is 24.6. The third-order valence-corrected chi connectivity index (χ3v) is 8.08. The molecule has 1 amide bonds. The number of carbonyl (C=O) groups is 1. The number of nitrogens with zero attached hydrogens (tertiary/aromatic N) is 2. The molecule has 0 spiro atoms. The molecule has 7 nitrogen and oxygen atoms in total. The molecule has 1 heterocycles. The number of ether oxygens (including phenoxy) is 1. The van der Waals surface area contributed by atoms with Crippen LogP contribution in [0.3, 0.4) is 0 Å². The number of rotatable bonds is 10. The van der Waals surface area contributed by atoms with Crippen LogP contribution in [0.25, 0.3) is 0 Å². The van der Waals surface area contributed by atoms with Crippen molar-refractivity contribution in [1.82, 2.24) is 9.21 Å². The lowest BCUT2D eigenvalue weighted by Gasteiger charge is -2.26. The van der Waals surface area contributed by atoms with Gasteiger partial charge < -0.3 is 10.1 Å². The second-order valence-corrected chi connectivity index (χ2v) is 10.8. The Hall–Kier alpha value is -2.49. The van der Waals surface area contributed by atoms with Crippen LogP contribution in [-0.4, -0.2) is 55.8 Å². The minimum absolute atomic E-state index is 0.150. The van der Waals surface area contributed by atoms with Crippen molar-refractivity contribution >= 4 is 21.6 Å². The molecular weight excluding hydrogens is 457 g/mol. The van der Waals surface area contributed by atoms with Crippen LogP contribution >= 0.6 is 0 Å². The van der Waals surface area contributed by atoms with E-state index in [0.717, 1.165) is 37.7 Å². The molecule has 4 rings (SSSR count). The molecule has 2 aromatic carbocycles. The van der Waals surface area contributed by atoms with Crippen LogP contribution in [0.5, 0.6) is 5.75 Å². The maximum Gasteiger partial charge on any atom is 0.243 e. The number of benzene rings is 2. The summed E-state index contributed by atoms with van der Waals surface area (Å²) in [4.78, 5) is 15.2. The lowest BCUT2D eigenvalue weighted by atomic mass is 10.2. The Morgan fingerprint density at radius 3 is 2.47 bits per heavy atom. The molecule has 2 fully saturated rings. The largest absolute Gasteiger partial charge is 0.492 e. The molecule has 1 aliphatic carbocycles. The van der Waals surface area contributed by atoms with E-state index in [1.807, 2.05) is 6.92 Å². The minimum Gasteiger partial charge on any atom is -0.492 e. The molecule has 1 aliphatic heterocycles. The molecule has 1 saturated heterocycles. The number of hydrogen-bond donors (Lipinski definition) is 1. The molecule has 184 valence electrons. The minimum atomic E-state index is -3.64. The third-order valence-electron chi connectivity index (χ3n) is 6.19. The van der Waals surface area contributed by atoms with Crippen LogP contribution in [0.1, 0.15) is 44.6 Å². The van der Waals surface area contributed by atoms with Gasteiger partial charge in [0.05, 0.1) is 23.7 Å². The van der Waals surface area contributed by atoms with Gasteiger partial charge in [-0.25, -0.2) is 12.8 Å². The highest BCUT2D eigenvalue weighted by Crippen LogP contribution is 2.31. The van der Waals surface area contributed by atoms with Crippen molar-refractivity contribution in [3.63, 3.8) is 0 Å². The lowest BCUT2D eigenvalue weighted by Crippen LogP contribution is -2.36. The maximum atomic E-state index is 13.2. The number of nitrogens with one attached hydrogen (secondary N) is 1. The van der Waals surface area contributed by atoms with Gasteiger partial charge in [0.25, 0.3) is 0 Å². The highest BCUT2D eigenvalue weighted by Gasteiger charge is 2.31. The zero-order valence-electron chi connectivity index (χ0n) is 19.5. The van der Waals surface area contributed by atoms with Gasteiger partial charge in [0, 0.05) is 25.7 Å². The summed E-state index contributed by atoms with van der Waals surface area (Å²) in [5.74, 6) is -0.102. The van der Waals surface area contributed by atoms with Gasteiger partial charge in [0.2, 0.25) is 15.9 Å². The molecule has 0 atom stereocenters. The molecular formula is C25H32FN3O4S. The van der Waals surface area contributed by atoms with Gasteiger partial charge >= 0.3 is 0 Å². The first-order valence-electron chi connectivity index (χ1n) is 11.9. The number of halogens is 1. The summed E-state index contributed by atoms with van der Waals surface area (Å²) >= 11 is 0. The molecule has 9 heteroatoms. The number of sulfonamides is 1. The zero-order valence-corrected chi connectivity index (χ0v) is 20.3. The fraction of sp³-hybridized carbons (Fsp3) is 0.480. The van der Waals surface area contributed by atoms with Crippen LogP contribution in [0.2, 0.25) is 0 Å². The number of amides is 1. The van der Waals surface area contributed by atoms with Crippen molar-refractivity contribution in [2.24, 2.45) is 0 Å². The van der Waals surface area contributed by atoms with Gasteiger partial charge in [0.1, 0.15) is 11.6 Å². The smallest absolute Gasteiger partial charge is 0.243 e. The van der Waals surface area contributed by atoms with E-state index in [4.69, 9.17) is 4.74 Å². The van der Waals surface area contributed by atoms with Gasteiger partial charge in [-0.3, -0.25) is 9.69 Å². The summed E-state index contributed by atoms with van der Waals surface area (Å²) in [5.41, 5.74) is 1.29. The Bertz CT molecular complexity index is 1100. The second kappa shape index (κ2) is 10.8. The second-order valence-electron chi connectivity index (χ2n) is 8.87. The summed E-state index contributed by atoms with van der Waals surface area (Å²) < 4.78 is 46.7. The average Bonchev–Trinajstić information content (AvgIpc) is 3.67. The molecule has 0 unspecified atom stereocenters. The zero-order chi connectivity index (χ0) is 24.1. The first-order chi connectivity index (χ1) is 16.4. The number of hydrogen-bond acceptors (Lipinski definition) is 5. The quantitative estimate of drug-likeness (QED) is 0.546. The Labute approximate surface area is 200 Å². The third kappa shape index (κ3) is 6.14. The lowest BCUT2D eigenvalue weighted by molar-refractivity contribution is -0.117. The van der Waals surface area contributed by atoms with Gasteiger partial charge in [-0.15, -0.1) is 0 Å². The predicted octanol–water partition coefficient (Wildman–Crippen LogP) is 4.00. The maximum absolute atomic E-state index is 13.2. The van der Waals surface area contributed by atoms with Crippen molar-refractivity contribution in [3.8, 4) is 5.75 Å². The molecule has 34 heavy (non-hydrogen) atoms. The number of anilines is 1. The van der Waals surface area contributed by atoms with E-state index in [2.05, 4.69) is 10.2 Å². The first-order valence-corrected chi connectivity index (χ1v) is 13.4. The monoisotopic (exact) mass is 489 g/mol. The highest BCUT2D eigenvalue weighted by atomic mass is 32.2. The Morgan fingerprint density at radius 2 is 1.82 bits per heavy atom. The van der Waals surface area contributed by atoms with Crippen LogP contribution in [-0.2, 0) is 21.4 Å². The number of piperidine rings is 1. The molecule has 1 N–H and O–H groups in total. The van der Waals surface area contributed by atoms with Gasteiger partial charge in [0.15, 0.2) is 0 Å². The predicted molar refractivity (Wildman–Crippen MR) is 129 cm³/mol. The van der Waals surface area contributed by atoms with E-state index in [-0.39, 0.29) is 23.2 Å². The van der Waals surface area contributed by atoms with Crippen molar-refractivity contribution in [3.05, 3.63) is 53.8 Å². The summed E-state index contributed by atoms with van der Waals surface area (Å²) in [6.45, 7) is 3.94. The van der Waals surface area contributed by atoms with E-state index in [1.165, 1.54) is 28.6 Å². The van der Waals surface area contributed by atoms with Crippen molar-refractivity contribution in [1.29, 1.82) is 0 Å². The van der Waals surface area contributed by atoms with E-state index in [1.54, 1.807) is 18.2 Å². The molecule has 0 aromatic heterocycles. The van der Waals surface area contributed by atoms with Gasteiger partial charge in [-0.1, -0.05) is 18.6 Å². The summed E-state index contributed by atoms with van der Waals surface area (Å²) in [5, 5.41) is 2.87. The fourth-order valence-electron chi connectivity index (χ4n) is 4.26. The molecule has 0 bridgehead atoms. The van der Waals surface area contributed by atoms with Crippen molar-refractivity contribution < 1.29 is 22.3 Å². The Morgan fingerprint density at radius 1 is 1.12 bits per heavy atom. The van der Waals surface area contributed by atoms with E-state index in [9.17, 15) is 17.6 Å². The van der Waals surface area contributed by atoms with E-state index in [0.29, 0.717) is 43.7 Å². The van der Waals surface area contributed by atoms with Crippen LogP contribution < -0.4 is 10.1 Å².